The van der Waals surface area contributed by atoms with Gasteiger partial charge in [0.05, 0.1) is 18.3 Å². The normalized spacial score (nSPS) is 15.9. The van der Waals surface area contributed by atoms with Crippen molar-refractivity contribution < 1.29 is 9.50 Å². The summed E-state index contributed by atoms with van der Waals surface area (Å²) in [7, 11) is 0. The second kappa shape index (κ2) is 5.63. The van der Waals surface area contributed by atoms with Crippen molar-refractivity contribution in [2.75, 3.05) is 11.9 Å². The fraction of sp³-hybridized carbons (Fsp3) is 0.294. The van der Waals surface area contributed by atoms with Crippen LogP contribution in [0.15, 0.2) is 48.5 Å². The molecule has 20 heavy (non-hydrogen) atoms. The number of rotatable bonds is 5. The SMILES string of the molecule is OCC(Nc1ccccc1F)c1ccccc1C1CC1. The van der Waals surface area contributed by atoms with Gasteiger partial charge in [0.15, 0.2) is 0 Å². The minimum atomic E-state index is -0.296. The number of halogens is 1. The quantitative estimate of drug-likeness (QED) is 0.865. The van der Waals surface area contributed by atoms with Crippen LogP contribution >= 0.6 is 0 Å². The Morgan fingerprint density at radius 1 is 1.10 bits per heavy atom. The summed E-state index contributed by atoms with van der Waals surface area (Å²) in [5, 5.41) is 12.8. The summed E-state index contributed by atoms with van der Waals surface area (Å²) in [6, 6.07) is 14.4. The molecule has 0 heterocycles. The Hall–Kier alpha value is -1.87. The Labute approximate surface area is 118 Å². The summed E-state index contributed by atoms with van der Waals surface area (Å²) in [6.45, 7) is -0.0575. The van der Waals surface area contributed by atoms with Crippen molar-refractivity contribution in [3.05, 3.63) is 65.5 Å². The third-order valence-corrected chi connectivity index (χ3v) is 3.77. The maximum absolute atomic E-state index is 13.7. The Morgan fingerprint density at radius 2 is 1.80 bits per heavy atom. The van der Waals surface area contributed by atoms with Gasteiger partial charge in [-0.05, 0) is 42.0 Å². The highest BCUT2D eigenvalue weighted by molar-refractivity contribution is 5.48. The van der Waals surface area contributed by atoms with Gasteiger partial charge in [0.2, 0.25) is 0 Å². The Bertz CT molecular complexity index is 595. The highest BCUT2D eigenvalue weighted by Gasteiger charge is 2.28. The molecule has 0 aromatic heterocycles. The third kappa shape index (κ3) is 2.68. The molecular formula is C17H18FNO. The van der Waals surface area contributed by atoms with Gasteiger partial charge < -0.3 is 10.4 Å². The van der Waals surface area contributed by atoms with Gasteiger partial charge in [-0.15, -0.1) is 0 Å². The van der Waals surface area contributed by atoms with Crippen LogP contribution in [0.2, 0.25) is 0 Å². The van der Waals surface area contributed by atoms with E-state index in [4.69, 9.17) is 0 Å². The van der Waals surface area contributed by atoms with E-state index in [2.05, 4.69) is 11.4 Å². The molecule has 0 aliphatic heterocycles. The fourth-order valence-electron chi connectivity index (χ4n) is 2.58. The monoisotopic (exact) mass is 271 g/mol. The molecule has 1 aliphatic carbocycles. The number of aliphatic hydroxyl groups excluding tert-OH is 1. The van der Waals surface area contributed by atoms with Gasteiger partial charge in [-0.25, -0.2) is 4.39 Å². The summed E-state index contributed by atoms with van der Waals surface area (Å²) in [5.74, 6) is 0.303. The lowest BCUT2D eigenvalue weighted by molar-refractivity contribution is 0.275. The molecule has 1 atom stereocenters. The highest BCUT2D eigenvalue weighted by atomic mass is 19.1. The predicted octanol–water partition coefficient (Wildman–Crippen LogP) is 3.85. The van der Waals surface area contributed by atoms with E-state index < -0.39 is 0 Å². The fourth-order valence-corrected chi connectivity index (χ4v) is 2.58. The molecule has 0 saturated heterocycles. The van der Waals surface area contributed by atoms with Crippen LogP contribution in [-0.2, 0) is 0 Å². The molecule has 3 rings (SSSR count). The number of aliphatic hydroxyl groups is 1. The molecule has 2 aromatic rings. The lowest BCUT2D eigenvalue weighted by atomic mass is 9.97. The van der Waals surface area contributed by atoms with E-state index >= 15 is 0 Å². The van der Waals surface area contributed by atoms with Crippen molar-refractivity contribution >= 4 is 5.69 Å². The number of anilines is 1. The summed E-state index contributed by atoms with van der Waals surface area (Å²) in [4.78, 5) is 0. The van der Waals surface area contributed by atoms with Crippen molar-refractivity contribution in [1.82, 2.24) is 0 Å². The Kier molecular flexibility index (Phi) is 3.70. The molecule has 1 unspecified atom stereocenters. The van der Waals surface area contributed by atoms with Gasteiger partial charge in [0, 0.05) is 0 Å². The third-order valence-electron chi connectivity index (χ3n) is 3.77. The molecule has 0 radical (unpaired) electrons. The zero-order valence-electron chi connectivity index (χ0n) is 11.2. The molecule has 0 amide bonds. The van der Waals surface area contributed by atoms with Gasteiger partial charge >= 0.3 is 0 Å². The van der Waals surface area contributed by atoms with Crippen LogP contribution in [0.3, 0.4) is 0 Å². The predicted molar refractivity (Wildman–Crippen MR) is 78.3 cm³/mol. The summed E-state index contributed by atoms with van der Waals surface area (Å²) in [6.07, 6.45) is 2.41. The zero-order chi connectivity index (χ0) is 13.9. The van der Waals surface area contributed by atoms with Gasteiger partial charge in [0.25, 0.3) is 0 Å². The maximum atomic E-state index is 13.7. The van der Waals surface area contributed by atoms with E-state index in [9.17, 15) is 9.50 Å². The topological polar surface area (TPSA) is 32.3 Å². The molecule has 1 saturated carbocycles. The second-order valence-electron chi connectivity index (χ2n) is 5.26. The van der Waals surface area contributed by atoms with Crippen molar-refractivity contribution in [1.29, 1.82) is 0 Å². The molecule has 3 heteroatoms. The molecule has 2 nitrogen and oxygen atoms in total. The first-order chi connectivity index (χ1) is 9.79. The highest BCUT2D eigenvalue weighted by Crippen LogP contribution is 2.43. The Morgan fingerprint density at radius 3 is 2.50 bits per heavy atom. The molecule has 0 spiro atoms. The molecule has 104 valence electrons. The molecule has 1 aliphatic rings. The number of hydrogen-bond acceptors (Lipinski definition) is 2. The smallest absolute Gasteiger partial charge is 0.146 e. The van der Waals surface area contributed by atoms with Gasteiger partial charge in [0.1, 0.15) is 5.82 Å². The summed E-state index contributed by atoms with van der Waals surface area (Å²) >= 11 is 0. The van der Waals surface area contributed by atoms with Gasteiger partial charge in [-0.2, -0.15) is 0 Å². The molecule has 2 aromatic carbocycles. The summed E-state index contributed by atoms with van der Waals surface area (Å²) < 4.78 is 13.7. The van der Waals surface area contributed by atoms with Crippen molar-refractivity contribution in [2.45, 2.75) is 24.8 Å². The van der Waals surface area contributed by atoms with Crippen LogP contribution in [0.5, 0.6) is 0 Å². The van der Waals surface area contributed by atoms with Crippen LogP contribution in [-0.4, -0.2) is 11.7 Å². The molecule has 2 N–H and O–H groups in total. The molecular weight excluding hydrogens is 253 g/mol. The van der Waals surface area contributed by atoms with Crippen LogP contribution in [0, 0.1) is 5.82 Å². The van der Waals surface area contributed by atoms with Crippen molar-refractivity contribution in [3.8, 4) is 0 Å². The van der Waals surface area contributed by atoms with Gasteiger partial charge in [-0.3, -0.25) is 0 Å². The van der Waals surface area contributed by atoms with Crippen molar-refractivity contribution in [3.63, 3.8) is 0 Å². The molecule has 1 fully saturated rings. The number of hydrogen-bond donors (Lipinski definition) is 2. The standard InChI is InChI=1S/C17H18FNO/c18-15-7-3-4-8-16(15)19-17(11-20)14-6-2-1-5-13(14)12-9-10-12/h1-8,12,17,19-20H,9-11H2. The Balaban J connectivity index is 1.89. The maximum Gasteiger partial charge on any atom is 0.146 e. The number of nitrogens with one attached hydrogen (secondary N) is 1. The lowest BCUT2D eigenvalue weighted by Crippen LogP contribution is -2.17. The van der Waals surface area contributed by atoms with E-state index in [1.54, 1.807) is 18.2 Å². The van der Waals surface area contributed by atoms with E-state index in [0.29, 0.717) is 11.6 Å². The number of para-hydroxylation sites is 1. The van der Waals surface area contributed by atoms with Crippen LogP contribution in [0.25, 0.3) is 0 Å². The van der Waals surface area contributed by atoms with E-state index in [1.165, 1.54) is 24.5 Å². The number of benzene rings is 2. The zero-order valence-corrected chi connectivity index (χ0v) is 11.2. The lowest BCUT2D eigenvalue weighted by Gasteiger charge is -2.21. The van der Waals surface area contributed by atoms with E-state index in [1.807, 2.05) is 18.2 Å². The van der Waals surface area contributed by atoms with E-state index in [0.717, 1.165) is 5.56 Å². The van der Waals surface area contributed by atoms with Crippen LogP contribution < -0.4 is 5.32 Å². The van der Waals surface area contributed by atoms with Crippen LogP contribution in [0.4, 0.5) is 10.1 Å². The molecule has 0 bridgehead atoms. The van der Waals surface area contributed by atoms with Crippen molar-refractivity contribution in [2.24, 2.45) is 0 Å². The minimum absolute atomic E-state index is 0.0575. The average Bonchev–Trinajstić information content (AvgIpc) is 3.31. The second-order valence-corrected chi connectivity index (χ2v) is 5.26. The first kappa shape index (κ1) is 13.1. The first-order valence-corrected chi connectivity index (χ1v) is 7.00. The van der Waals surface area contributed by atoms with Crippen LogP contribution in [0.1, 0.15) is 35.9 Å². The van der Waals surface area contributed by atoms with E-state index in [-0.39, 0.29) is 18.5 Å². The minimum Gasteiger partial charge on any atom is -0.394 e. The van der Waals surface area contributed by atoms with Gasteiger partial charge in [-0.1, -0.05) is 36.4 Å². The largest absolute Gasteiger partial charge is 0.394 e. The first-order valence-electron chi connectivity index (χ1n) is 7.00. The average molecular weight is 271 g/mol. The summed E-state index contributed by atoms with van der Waals surface area (Å²) in [5.41, 5.74) is 2.77.